The number of rotatable bonds is 5. The smallest absolute Gasteiger partial charge is 0.404 e. The Morgan fingerprint density at radius 1 is 0.857 bits per heavy atom. The van der Waals surface area contributed by atoms with Gasteiger partial charge in [0.15, 0.2) is 0 Å². The lowest BCUT2D eigenvalue weighted by Crippen LogP contribution is -2.67. The molecule has 0 saturated carbocycles. The van der Waals surface area contributed by atoms with Gasteiger partial charge in [-0.25, -0.2) is 4.57 Å². The van der Waals surface area contributed by atoms with Gasteiger partial charge >= 0.3 is 7.75 Å². The molecule has 2 aromatic rings. The molecule has 28 heavy (non-hydrogen) atoms. The Morgan fingerprint density at radius 2 is 1.29 bits per heavy atom. The van der Waals surface area contributed by atoms with Crippen molar-refractivity contribution in [1.82, 2.24) is 9.99 Å². The van der Waals surface area contributed by atoms with Gasteiger partial charge in [0, 0.05) is 26.2 Å². The van der Waals surface area contributed by atoms with E-state index < -0.39 is 18.6 Å². The monoisotopic (exact) mass is 400 g/mol. The second-order valence-electron chi connectivity index (χ2n) is 8.15. The van der Waals surface area contributed by atoms with E-state index in [2.05, 4.69) is 5.32 Å². The molecule has 2 unspecified atom stereocenters. The zero-order valence-electron chi connectivity index (χ0n) is 16.1. The number of carbonyl (C=O) groups excluding carboxylic acids is 1. The van der Waals surface area contributed by atoms with Gasteiger partial charge in [-0.1, -0.05) is 50.2 Å². The quantitative estimate of drug-likeness (QED) is 0.771. The Labute approximate surface area is 165 Å². The lowest BCUT2D eigenvalue weighted by Gasteiger charge is -2.52. The minimum absolute atomic E-state index is 0.209. The van der Waals surface area contributed by atoms with Crippen molar-refractivity contribution < 1.29 is 18.4 Å². The highest BCUT2D eigenvalue weighted by Gasteiger charge is 2.58. The lowest BCUT2D eigenvalue weighted by molar-refractivity contribution is -0.146. The van der Waals surface area contributed by atoms with Gasteiger partial charge in [-0.2, -0.15) is 4.67 Å². The normalized spacial score (nSPS) is 28.0. The van der Waals surface area contributed by atoms with Gasteiger partial charge < -0.3 is 14.4 Å². The van der Waals surface area contributed by atoms with Gasteiger partial charge in [0.25, 0.3) is 0 Å². The van der Waals surface area contributed by atoms with Crippen LogP contribution in [0.1, 0.15) is 13.8 Å². The third-order valence-electron chi connectivity index (χ3n) is 5.46. The summed E-state index contributed by atoms with van der Waals surface area (Å²) in [6, 6.07) is 18.0. The minimum Gasteiger partial charge on any atom is -0.404 e. The van der Waals surface area contributed by atoms with Gasteiger partial charge in [-0.05, 0) is 24.3 Å². The molecule has 0 aliphatic carbocycles. The van der Waals surface area contributed by atoms with E-state index in [9.17, 15) is 9.36 Å². The van der Waals surface area contributed by atoms with Crippen LogP contribution in [0.5, 0.6) is 11.5 Å². The molecule has 1 N–H and O–H groups in total. The molecule has 6 nitrogen and oxygen atoms in total. The molecule has 4 rings (SSSR count). The number of piperidine rings is 2. The first-order valence-corrected chi connectivity index (χ1v) is 10.9. The maximum absolute atomic E-state index is 14.1. The molecule has 2 saturated heterocycles. The van der Waals surface area contributed by atoms with Crippen molar-refractivity contribution in [2.75, 3.05) is 26.2 Å². The molecule has 0 spiro atoms. The van der Waals surface area contributed by atoms with Gasteiger partial charge in [-0.3, -0.25) is 4.79 Å². The first-order valence-electron chi connectivity index (χ1n) is 9.44. The van der Waals surface area contributed by atoms with Crippen molar-refractivity contribution in [2.45, 2.75) is 13.8 Å². The van der Waals surface area contributed by atoms with Crippen molar-refractivity contribution in [1.29, 1.82) is 0 Å². The average molecular weight is 400 g/mol. The van der Waals surface area contributed by atoms with Crippen LogP contribution < -0.4 is 14.4 Å². The van der Waals surface area contributed by atoms with Crippen molar-refractivity contribution in [2.24, 2.45) is 10.8 Å². The summed E-state index contributed by atoms with van der Waals surface area (Å²) in [5, 5.41) is 3.35. The predicted molar refractivity (Wildman–Crippen MR) is 107 cm³/mol. The molecule has 0 aromatic heterocycles. The largest absolute Gasteiger partial charge is 0.515 e. The summed E-state index contributed by atoms with van der Waals surface area (Å²) < 4.78 is 27.7. The lowest BCUT2D eigenvalue weighted by atomic mass is 9.66. The Morgan fingerprint density at radius 3 is 1.71 bits per heavy atom. The number of para-hydroxylation sites is 2. The second-order valence-corrected chi connectivity index (χ2v) is 10.0. The average Bonchev–Trinajstić information content (AvgIpc) is 2.66. The number of nitrogens with one attached hydrogen (secondary N) is 1. The summed E-state index contributed by atoms with van der Waals surface area (Å²) in [6.07, 6.45) is 0. The zero-order chi connectivity index (χ0) is 19.8. The molecule has 2 aromatic carbocycles. The van der Waals surface area contributed by atoms with E-state index in [1.54, 1.807) is 28.9 Å². The Kier molecular flexibility index (Phi) is 4.82. The number of hydrogen-bond acceptors (Lipinski definition) is 5. The Balaban J connectivity index is 1.71. The molecular weight excluding hydrogens is 375 g/mol. The summed E-state index contributed by atoms with van der Waals surface area (Å²) in [4.78, 5) is 13.0. The number of Topliss-reactive ketones (excluding diaryl/α,β-unsaturated/α-hetero) is 1. The highest BCUT2D eigenvalue weighted by atomic mass is 31.2. The number of hydrogen-bond donors (Lipinski definition) is 1. The Hall–Kier alpha value is -2.14. The number of nitrogens with zero attached hydrogens (tertiary/aromatic N) is 1. The highest BCUT2D eigenvalue weighted by molar-refractivity contribution is 7.52. The molecule has 148 valence electrons. The second kappa shape index (κ2) is 7.03. The molecule has 2 aliphatic rings. The molecule has 2 atom stereocenters. The summed E-state index contributed by atoms with van der Waals surface area (Å²) in [5.74, 6) is 1.15. The van der Waals surface area contributed by atoms with Crippen molar-refractivity contribution in [3.05, 3.63) is 60.7 Å². The van der Waals surface area contributed by atoms with Crippen molar-refractivity contribution >= 4 is 13.5 Å². The summed E-state index contributed by atoms with van der Waals surface area (Å²) in [5.41, 5.74) is -1.28. The van der Waals surface area contributed by atoms with E-state index in [4.69, 9.17) is 9.05 Å². The summed E-state index contributed by atoms with van der Waals surface area (Å²) in [7, 11) is -3.75. The maximum Gasteiger partial charge on any atom is 0.515 e. The fourth-order valence-corrected chi connectivity index (χ4v) is 6.17. The van der Waals surface area contributed by atoms with Gasteiger partial charge in [0.05, 0.1) is 10.8 Å². The molecule has 7 heteroatoms. The number of ketones is 1. The van der Waals surface area contributed by atoms with Crippen LogP contribution in [-0.4, -0.2) is 36.6 Å². The SMILES string of the molecule is CC12CNCC(C)(CN(P(=O)(Oc3ccccc3)Oc3ccccc3)C1)C2=O. The fourth-order valence-electron chi connectivity index (χ4n) is 4.16. The Bertz CT molecular complexity index is 840. The first kappa shape index (κ1) is 19.2. The van der Waals surface area contributed by atoms with E-state index in [0.717, 1.165) is 0 Å². The van der Waals surface area contributed by atoms with Gasteiger partial charge in [0.2, 0.25) is 0 Å². The van der Waals surface area contributed by atoms with Crippen LogP contribution in [0.4, 0.5) is 0 Å². The highest BCUT2D eigenvalue weighted by Crippen LogP contribution is 2.56. The van der Waals surface area contributed by atoms with Gasteiger partial charge in [0.1, 0.15) is 17.3 Å². The first-order chi connectivity index (χ1) is 13.3. The van der Waals surface area contributed by atoms with E-state index >= 15 is 0 Å². The molecule has 2 fully saturated rings. The van der Waals surface area contributed by atoms with Crippen LogP contribution in [-0.2, 0) is 9.36 Å². The van der Waals surface area contributed by atoms with Crippen LogP contribution in [0, 0.1) is 10.8 Å². The number of benzene rings is 2. The van der Waals surface area contributed by atoms with Crippen LogP contribution in [0.2, 0.25) is 0 Å². The third-order valence-corrected chi connectivity index (χ3v) is 7.32. The maximum atomic E-state index is 14.1. The third kappa shape index (κ3) is 3.48. The van der Waals surface area contributed by atoms with Crippen LogP contribution in [0.3, 0.4) is 0 Å². The van der Waals surface area contributed by atoms with E-state index in [1.165, 1.54) is 0 Å². The number of carbonyl (C=O) groups is 1. The fraction of sp³-hybridized carbons (Fsp3) is 0.381. The van der Waals surface area contributed by atoms with Crippen molar-refractivity contribution in [3.8, 4) is 11.5 Å². The van der Waals surface area contributed by atoms with Gasteiger partial charge in [-0.15, -0.1) is 0 Å². The molecule has 0 amide bonds. The molecule has 2 heterocycles. The topological polar surface area (TPSA) is 67.9 Å². The summed E-state index contributed by atoms with van der Waals surface area (Å²) in [6.45, 7) is 5.56. The van der Waals surface area contributed by atoms with Crippen molar-refractivity contribution in [3.63, 3.8) is 0 Å². The van der Waals surface area contributed by atoms with E-state index in [1.807, 2.05) is 50.2 Å². The van der Waals surface area contributed by atoms with Crippen LogP contribution in [0.25, 0.3) is 0 Å². The minimum atomic E-state index is -3.75. The van der Waals surface area contributed by atoms with E-state index in [-0.39, 0.29) is 5.78 Å². The van der Waals surface area contributed by atoms with Crippen LogP contribution >= 0.6 is 7.75 Å². The predicted octanol–water partition coefficient (Wildman–Crippen LogP) is 3.75. The summed E-state index contributed by atoms with van der Waals surface area (Å²) >= 11 is 0. The standard InChI is InChI=1S/C21H25N2O4P/c1-20-13-22-14-21(2,19(20)24)16-23(15-20)28(25,26-17-9-5-3-6-10-17)27-18-11-7-4-8-12-18/h3-12,22H,13-16H2,1-2H3. The molecule has 2 bridgehead atoms. The van der Waals surface area contributed by atoms with E-state index in [0.29, 0.717) is 37.7 Å². The molecule has 0 radical (unpaired) electrons. The number of fused-ring (bicyclic) bond motifs is 2. The zero-order valence-corrected chi connectivity index (χ0v) is 17.0. The van der Waals surface area contributed by atoms with Crippen LogP contribution in [0.15, 0.2) is 60.7 Å². The molecular formula is C21H25N2O4P. The molecule has 2 aliphatic heterocycles.